The summed E-state index contributed by atoms with van der Waals surface area (Å²) >= 11 is 8.04. The molecule has 2 heterocycles. The molecular weight excluding hydrogens is 380 g/mol. The van der Waals surface area contributed by atoms with E-state index in [9.17, 15) is 8.42 Å². The van der Waals surface area contributed by atoms with Gasteiger partial charge in [0.25, 0.3) is 0 Å². The lowest BCUT2D eigenvalue weighted by atomic mass is 9.89. The Morgan fingerprint density at radius 1 is 1.28 bits per heavy atom. The van der Waals surface area contributed by atoms with Gasteiger partial charge in [0, 0.05) is 30.2 Å². The summed E-state index contributed by atoms with van der Waals surface area (Å²) in [5, 5.41) is 0.472. The van der Waals surface area contributed by atoms with Crippen molar-refractivity contribution in [1.29, 1.82) is 0 Å². The van der Waals surface area contributed by atoms with E-state index in [4.69, 9.17) is 16.3 Å². The van der Waals surface area contributed by atoms with Crippen LogP contribution in [0.1, 0.15) is 18.4 Å². The van der Waals surface area contributed by atoms with Crippen LogP contribution in [0.15, 0.2) is 23.1 Å². The monoisotopic (exact) mass is 404 g/mol. The van der Waals surface area contributed by atoms with E-state index < -0.39 is 10.0 Å². The maximum atomic E-state index is 12.9. The fourth-order valence-corrected chi connectivity index (χ4v) is 6.45. The highest BCUT2D eigenvalue weighted by molar-refractivity contribution is 7.99. The number of sulfonamides is 1. The largest absolute Gasteiger partial charge is 0.379 e. The quantitative estimate of drug-likeness (QED) is 0.817. The van der Waals surface area contributed by atoms with Crippen molar-refractivity contribution >= 4 is 33.4 Å². The molecule has 2 saturated heterocycles. The minimum absolute atomic E-state index is 0.116. The second-order valence-electron chi connectivity index (χ2n) is 6.62. The van der Waals surface area contributed by atoms with Gasteiger partial charge in [0.2, 0.25) is 10.0 Å². The van der Waals surface area contributed by atoms with Crippen LogP contribution in [0.25, 0.3) is 0 Å². The molecule has 2 fully saturated rings. The lowest BCUT2D eigenvalue weighted by molar-refractivity contribution is -0.0242. The molecule has 0 aromatic heterocycles. The molecule has 3 rings (SSSR count). The lowest BCUT2D eigenvalue weighted by Crippen LogP contribution is -2.60. The molecule has 1 aromatic rings. The van der Waals surface area contributed by atoms with Crippen molar-refractivity contribution in [1.82, 2.24) is 9.62 Å². The predicted octanol–water partition coefficient (Wildman–Crippen LogP) is 2.52. The number of nitrogens with zero attached hydrogens (tertiary/aromatic N) is 1. The van der Waals surface area contributed by atoms with E-state index in [1.54, 1.807) is 25.1 Å². The number of morpholine rings is 1. The number of benzene rings is 1. The van der Waals surface area contributed by atoms with Gasteiger partial charge in [-0.15, -0.1) is 0 Å². The van der Waals surface area contributed by atoms with Gasteiger partial charge in [0.05, 0.1) is 18.1 Å². The van der Waals surface area contributed by atoms with Gasteiger partial charge >= 0.3 is 0 Å². The van der Waals surface area contributed by atoms with E-state index in [-0.39, 0.29) is 10.4 Å². The van der Waals surface area contributed by atoms with Crippen LogP contribution in [0.4, 0.5) is 0 Å². The Morgan fingerprint density at radius 2 is 1.96 bits per heavy atom. The molecule has 2 aliphatic heterocycles. The van der Waals surface area contributed by atoms with E-state index in [0.717, 1.165) is 50.7 Å². The van der Waals surface area contributed by atoms with Gasteiger partial charge in [-0.05, 0) is 49.0 Å². The van der Waals surface area contributed by atoms with E-state index in [1.165, 1.54) is 0 Å². The van der Waals surface area contributed by atoms with Crippen LogP contribution in [-0.2, 0) is 14.8 Å². The normalized spacial score (nSPS) is 22.0. The Morgan fingerprint density at radius 3 is 2.64 bits per heavy atom. The maximum Gasteiger partial charge on any atom is 0.240 e. The minimum Gasteiger partial charge on any atom is -0.379 e. The minimum atomic E-state index is -3.59. The zero-order valence-corrected chi connectivity index (χ0v) is 16.9. The summed E-state index contributed by atoms with van der Waals surface area (Å²) < 4.78 is 34.1. The zero-order valence-electron chi connectivity index (χ0n) is 14.5. The molecular formula is C17H25ClN2O3S2. The van der Waals surface area contributed by atoms with E-state index in [1.807, 2.05) is 11.8 Å². The third kappa shape index (κ3) is 4.34. The molecule has 0 bridgehead atoms. The van der Waals surface area contributed by atoms with Crippen molar-refractivity contribution < 1.29 is 13.2 Å². The molecule has 140 valence electrons. The fraction of sp³-hybridized carbons (Fsp3) is 0.647. The Balaban J connectivity index is 1.79. The van der Waals surface area contributed by atoms with Crippen molar-refractivity contribution in [3.8, 4) is 0 Å². The first-order valence-electron chi connectivity index (χ1n) is 8.60. The third-order valence-electron chi connectivity index (χ3n) is 5.20. The summed E-state index contributed by atoms with van der Waals surface area (Å²) in [6.45, 7) is 5.34. The van der Waals surface area contributed by atoms with Gasteiger partial charge in [-0.2, -0.15) is 11.8 Å². The average Bonchev–Trinajstić information content (AvgIpc) is 2.64. The molecule has 0 amide bonds. The van der Waals surface area contributed by atoms with Crippen LogP contribution in [0.5, 0.6) is 0 Å². The van der Waals surface area contributed by atoms with Crippen LogP contribution in [0, 0.1) is 6.92 Å². The molecule has 0 spiro atoms. The summed E-state index contributed by atoms with van der Waals surface area (Å²) in [5.41, 5.74) is 0.477. The van der Waals surface area contributed by atoms with Crippen molar-refractivity contribution in [3.63, 3.8) is 0 Å². The topological polar surface area (TPSA) is 58.6 Å². The van der Waals surface area contributed by atoms with Gasteiger partial charge in [0.15, 0.2) is 0 Å². The van der Waals surface area contributed by atoms with Crippen molar-refractivity contribution in [2.45, 2.75) is 30.2 Å². The zero-order chi connectivity index (χ0) is 17.9. The van der Waals surface area contributed by atoms with E-state index >= 15 is 0 Å². The Hall–Kier alpha value is -0.310. The van der Waals surface area contributed by atoms with Gasteiger partial charge < -0.3 is 4.74 Å². The Bertz CT molecular complexity index is 700. The Labute approximate surface area is 159 Å². The number of ether oxygens (including phenoxy) is 1. The molecule has 2 aliphatic rings. The number of hydrogen-bond acceptors (Lipinski definition) is 5. The fourth-order valence-electron chi connectivity index (χ4n) is 3.58. The highest BCUT2D eigenvalue weighted by Crippen LogP contribution is 2.33. The first-order chi connectivity index (χ1) is 11.9. The second kappa shape index (κ2) is 8.15. The number of nitrogens with one attached hydrogen (secondary N) is 1. The molecule has 5 nitrogen and oxygen atoms in total. The summed E-state index contributed by atoms with van der Waals surface area (Å²) in [6.07, 6.45) is 1.99. The number of thioether (sulfide) groups is 1. The molecule has 1 N–H and O–H groups in total. The van der Waals surface area contributed by atoms with Crippen LogP contribution < -0.4 is 4.72 Å². The second-order valence-corrected chi connectivity index (χ2v) is 9.99. The summed E-state index contributed by atoms with van der Waals surface area (Å²) in [4.78, 5) is 2.69. The third-order valence-corrected chi connectivity index (χ3v) is 8.14. The van der Waals surface area contributed by atoms with Crippen LogP contribution in [0.2, 0.25) is 5.02 Å². The molecule has 1 aromatic carbocycles. The van der Waals surface area contributed by atoms with Crippen LogP contribution >= 0.6 is 23.4 Å². The molecule has 0 aliphatic carbocycles. The summed E-state index contributed by atoms with van der Waals surface area (Å²) in [7, 11) is -3.59. The predicted molar refractivity (Wildman–Crippen MR) is 103 cm³/mol. The van der Waals surface area contributed by atoms with Crippen LogP contribution in [-0.4, -0.2) is 63.2 Å². The first kappa shape index (κ1) is 19.5. The Kier molecular flexibility index (Phi) is 6.34. The van der Waals surface area contributed by atoms with Gasteiger partial charge in [0.1, 0.15) is 0 Å². The summed E-state index contributed by atoms with van der Waals surface area (Å²) in [5.74, 6) is 2.13. The van der Waals surface area contributed by atoms with E-state index in [2.05, 4.69) is 9.62 Å². The van der Waals surface area contributed by atoms with Crippen molar-refractivity contribution in [3.05, 3.63) is 28.8 Å². The van der Waals surface area contributed by atoms with Crippen molar-refractivity contribution in [2.75, 3.05) is 44.4 Å². The number of halogens is 1. The lowest BCUT2D eigenvalue weighted by Gasteiger charge is -2.48. The highest BCUT2D eigenvalue weighted by atomic mass is 35.5. The van der Waals surface area contributed by atoms with Gasteiger partial charge in [-0.3, -0.25) is 4.90 Å². The number of hydrogen-bond donors (Lipinski definition) is 1. The van der Waals surface area contributed by atoms with Gasteiger partial charge in [-0.25, -0.2) is 13.1 Å². The molecule has 0 saturated carbocycles. The standard InChI is InChI=1S/C17H25ClN2O3S2/c1-14-15(18)3-2-4-16(14)25(21,22)19-13-17(5-11-24-12-6-17)20-7-9-23-10-8-20/h2-4,19H,5-13H2,1H3. The molecule has 0 atom stereocenters. The van der Waals surface area contributed by atoms with Gasteiger partial charge in [-0.1, -0.05) is 17.7 Å². The molecule has 0 radical (unpaired) electrons. The van der Waals surface area contributed by atoms with Crippen molar-refractivity contribution in [2.24, 2.45) is 0 Å². The average molecular weight is 405 g/mol. The first-order valence-corrected chi connectivity index (χ1v) is 11.6. The SMILES string of the molecule is Cc1c(Cl)cccc1S(=O)(=O)NCC1(N2CCOCC2)CCSCC1. The maximum absolute atomic E-state index is 12.9. The highest BCUT2D eigenvalue weighted by Gasteiger charge is 2.39. The molecule has 8 heteroatoms. The smallest absolute Gasteiger partial charge is 0.240 e. The summed E-state index contributed by atoms with van der Waals surface area (Å²) in [6, 6.07) is 5.00. The number of rotatable bonds is 5. The van der Waals surface area contributed by atoms with E-state index in [0.29, 0.717) is 17.1 Å². The van der Waals surface area contributed by atoms with Crippen LogP contribution in [0.3, 0.4) is 0 Å². The molecule has 25 heavy (non-hydrogen) atoms. The molecule has 0 unspecified atom stereocenters.